The highest BCUT2D eigenvalue weighted by molar-refractivity contribution is 5.89. The smallest absolute Gasteiger partial charge is 0.358 e. The first-order valence-electron chi connectivity index (χ1n) is 6.23. The number of aromatic nitrogens is 2. The molecule has 0 saturated heterocycles. The molecule has 0 spiro atoms. The summed E-state index contributed by atoms with van der Waals surface area (Å²) in [4.78, 5) is 15.5. The summed E-state index contributed by atoms with van der Waals surface area (Å²) in [6.45, 7) is -0.0865. The van der Waals surface area contributed by atoms with Crippen molar-refractivity contribution >= 4 is 11.6 Å². The highest BCUT2D eigenvalue weighted by Gasteiger charge is 2.20. The van der Waals surface area contributed by atoms with E-state index in [0.717, 1.165) is 0 Å². The van der Waals surface area contributed by atoms with Gasteiger partial charge in [-0.1, -0.05) is 24.3 Å². The molecule has 0 aliphatic rings. The van der Waals surface area contributed by atoms with Crippen LogP contribution in [0.3, 0.4) is 0 Å². The van der Waals surface area contributed by atoms with Crippen molar-refractivity contribution in [2.75, 3.05) is 0 Å². The normalized spacial score (nSPS) is 10.7. The number of fused-ring (bicyclic) bond motifs is 1. The van der Waals surface area contributed by atoms with Gasteiger partial charge in [-0.15, -0.1) is 0 Å². The standard InChI is InChI=1S/C15H11FN2O3/c16-11-6-2-1-5-10(11)9-21-14-13(15(19)20)18-8-4-3-7-12(18)17-14/h1-8H,9H2,(H,19,20). The van der Waals surface area contributed by atoms with Crippen LogP contribution in [0.4, 0.5) is 4.39 Å². The van der Waals surface area contributed by atoms with Crippen LogP contribution >= 0.6 is 0 Å². The molecule has 5 nitrogen and oxygen atoms in total. The predicted octanol–water partition coefficient (Wildman–Crippen LogP) is 2.75. The van der Waals surface area contributed by atoms with Crippen LogP contribution in [-0.2, 0) is 6.61 Å². The first-order chi connectivity index (χ1) is 10.2. The fourth-order valence-electron chi connectivity index (χ4n) is 2.03. The van der Waals surface area contributed by atoms with E-state index in [1.54, 1.807) is 42.6 Å². The maximum Gasteiger partial charge on any atom is 0.358 e. The van der Waals surface area contributed by atoms with E-state index >= 15 is 0 Å². The lowest BCUT2D eigenvalue weighted by molar-refractivity contribution is 0.0683. The van der Waals surface area contributed by atoms with Crippen LogP contribution in [0, 0.1) is 5.82 Å². The minimum atomic E-state index is -1.16. The Morgan fingerprint density at radius 2 is 2.00 bits per heavy atom. The molecule has 0 radical (unpaired) electrons. The number of pyridine rings is 1. The van der Waals surface area contributed by atoms with Crippen molar-refractivity contribution in [2.45, 2.75) is 6.61 Å². The minimum Gasteiger partial charge on any atom is -0.476 e. The Balaban J connectivity index is 1.95. The average molecular weight is 286 g/mol. The molecule has 1 N–H and O–H groups in total. The second-order valence-corrected chi connectivity index (χ2v) is 4.38. The van der Waals surface area contributed by atoms with E-state index in [1.165, 1.54) is 10.5 Å². The molecule has 0 saturated carbocycles. The van der Waals surface area contributed by atoms with Gasteiger partial charge in [0.25, 0.3) is 0 Å². The molecule has 0 bridgehead atoms. The van der Waals surface area contributed by atoms with Crippen LogP contribution in [0.5, 0.6) is 5.88 Å². The van der Waals surface area contributed by atoms with Crippen molar-refractivity contribution in [3.8, 4) is 5.88 Å². The zero-order chi connectivity index (χ0) is 14.8. The average Bonchev–Trinajstić information content (AvgIpc) is 2.85. The molecule has 0 atom stereocenters. The van der Waals surface area contributed by atoms with E-state index in [9.17, 15) is 14.3 Å². The highest BCUT2D eigenvalue weighted by Crippen LogP contribution is 2.21. The molecule has 106 valence electrons. The lowest BCUT2D eigenvalue weighted by Crippen LogP contribution is -2.06. The Morgan fingerprint density at radius 1 is 1.24 bits per heavy atom. The van der Waals surface area contributed by atoms with Crippen LogP contribution in [-0.4, -0.2) is 20.5 Å². The van der Waals surface area contributed by atoms with Gasteiger partial charge >= 0.3 is 5.97 Å². The molecular weight excluding hydrogens is 275 g/mol. The van der Waals surface area contributed by atoms with Crippen molar-refractivity contribution in [2.24, 2.45) is 0 Å². The third-order valence-electron chi connectivity index (χ3n) is 3.02. The molecule has 0 unspecified atom stereocenters. The quantitative estimate of drug-likeness (QED) is 0.801. The van der Waals surface area contributed by atoms with Gasteiger partial charge in [0.15, 0.2) is 5.69 Å². The Bertz CT molecular complexity index is 814. The number of aromatic carboxylic acids is 1. The Hall–Kier alpha value is -2.89. The summed E-state index contributed by atoms with van der Waals surface area (Å²) in [5, 5.41) is 9.29. The molecule has 21 heavy (non-hydrogen) atoms. The molecule has 0 aliphatic carbocycles. The number of benzene rings is 1. The number of hydrogen-bond donors (Lipinski definition) is 1. The molecule has 3 aromatic rings. The monoisotopic (exact) mass is 286 g/mol. The Labute approximate surface area is 119 Å². The fraction of sp³-hybridized carbons (Fsp3) is 0.0667. The van der Waals surface area contributed by atoms with E-state index in [4.69, 9.17) is 4.74 Å². The van der Waals surface area contributed by atoms with E-state index < -0.39 is 11.8 Å². The van der Waals surface area contributed by atoms with E-state index in [1.807, 2.05) is 0 Å². The lowest BCUT2D eigenvalue weighted by atomic mass is 10.2. The molecule has 0 aliphatic heterocycles. The first-order valence-corrected chi connectivity index (χ1v) is 6.23. The number of imidazole rings is 1. The van der Waals surface area contributed by atoms with Crippen LogP contribution < -0.4 is 4.74 Å². The van der Waals surface area contributed by atoms with Gasteiger partial charge in [-0.2, -0.15) is 4.98 Å². The van der Waals surface area contributed by atoms with Crippen molar-refractivity contribution in [1.29, 1.82) is 0 Å². The highest BCUT2D eigenvalue weighted by atomic mass is 19.1. The largest absolute Gasteiger partial charge is 0.476 e. The molecule has 2 heterocycles. The van der Waals surface area contributed by atoms with Crippen LogP contribution in [0.15, 0.2) is 48.7 Å². The molecule has 6 heteroatoms. The van der Waals surface area contributed by atoms with Crippen LogP contribution in [0.2, 0.25) is 0 Å². The summed E-state index contributed by atoms with van der Waals surface area (Å²) < 4.78 is 20.3. The number of halogens is 1. The summed E-state index contributed by atoms with van der Waals surface area (Å²) in [7, 11) is 0. The summed E-state index contributed by atoms with van der Waals surface area (Å²) in [6.07, 6.45) is 1.59. The lowest BCUT2D eigenvalue weighted by Gasteiger charge is -2.05. The molecule has 1 aromatic carbocycles. The van der Waals surface area contributed by atoms with Gasteiger partial charge in [-0.3, -0.25) is 4.40 Å². The fourth-order valence-corrected chi connectivity index (χ4v) is 2.03. The van der Waals surface area contributed by atoms with Gasteiger partial charge in [-0.05, 0) is 18.2 Å². The summed E-state index contributed by atoms with van der Waals surface area (Å²) in [6, 6.07) is 11.3. The molecule has 0 fully saturated rings. The second kappa shape index (κ2) is 5.24. The minimum absolute atomic E-state index is 0.0306. The number of nitrogens with zero attached hydrogens (tertiary/aromatic N) is 2. The molecular formula is C15H11FN2O3. The molecule has 2 aromatic heterocycles. The number of carbonyl (C=O) groups is 1. The van der Waals surface area contributed by atoms with Gasteiger partial charge in [0.2, 0.25) is 5.88 Å². The van der Waals surface area contributed by atoms with Gasteiger partial charge < -0.3 is 9.84 Å². The summed E-state index contributed by atoms with van der Waals surface area (Å²) >= 11 is 0. The van der Waals surface area contributed by atoms with Crippen molar-refractivity contribution in [1.82, 2.24) is 9.38 Å². The SMILES string of the molecule is O=C(O)c1c(OCc2ccccc2F)nc2ccccn12. The van der Waals surface area contributed by atoms with E-state index in [-0.39, 0.29) is 18.2 Å². The number of hydrogen-bond acceptors (Lipinski definition) is 3. The Morgan fingerprint density at radius 3 is 2.76 bits per heavy atom. The number of ether oxygens (including phenoxy) is 1. The van der Waals surface area contributed by atoms with Gasteiger partial charge in [0, 0.05) is 11.8 Å². The van der Waals surface area contributed by atoms with Gasteiger partial charge in [-0.25, -0.2) is 9.18 Å². The maximum atomic E-state index is 13.5. The number of rotatable bonds is 4. The predicted molar refractivity (Wildman–Crippen MR) is 72.9 cm³/mol. The van der Waals surface area contributed by atoms with Gasteiger partial charge in [0.05, 0.1) is 0 Å². The van der Waals surface area contributed by atoms with E-state index in [0.29, 0.717) is 11.2 Å². The number of carboxylic acid groups (broad SMARTS) is 1. The molecule has 0 amide bonds. The third kappa shape index (κ3) is 2.43. The van der Waals surface area contributed by atoms with Gasteiger partial charge in [0.1, 0.15) is 18.1 Å². The zero-order valence-corrected chi connectivity index (χ0v) is 10.9. The van der Waals surface area contributed by atoms with Crippen molar-refractivity contribution < 1.29 is 19.0 Å². The second-order valence-electron chi connectivity index (χ2n) is 4.38. The van der Waals surface area contributed by atoms with Crippen LogP contribution in [0.1, 0.15) is 16.1 Å². The van der Waals surface area contributed by atoms with Crippen molar-refractivity contribution in [3.63, 3.8) is 0 Å². The first kappa shape index (κ1) is 13.1. The van der Waals surface area contributed by atoms with E-state index in [2.05, 4.69) is 4.98 Å². The van der Waals surface area contributed by atoms with Crippen molar-refractivity contribution in [3.05, 3.63) is 65.7 Å². The Kier molecular flexibility index (Phi) is 3.27. The topological polar surface area (TPSA) is 63.8 Å². The zero-order valence-electron chi connectivity index (χ0n) is 10.9. The summed E-state index contributed by atoms with van der Waals surface area (Å²) in [5.74, 6) is -1.59. The maximum absolute atomic E-state index is 13.5. The third-order valence-corrected chi connectivity index (χ3v) is 3.02. The van der Waals surface area contributed by atoms with Crippen LogP contribution in [0.25, 0.3) is 5.65 Å². The molecule has 3 rings (SSSR count). The summed E-state index contributed by atoms with van der Waals surface area (Å²) in [5.41, 5.74) is 0.714. The number of carboxylic acids is 1.